The van der Waals surface area contributed by atoms with Crippen molar-refractivity contribution in [2.75, 3.05) is 13.2 Å². The van der Waals surface area contributed by atoms with E-state index in [1.165, 1.54) is 6.07 Å². The summed E-state index contributed by atoms with van der Waals surface area (Å²) in [7, 11) is 0. The van der Waals surface area contributed by atoms with Crippen molar-refractivity contribution >= 4 is 21.9 Å². The van der Waals surface area contributed by atoms with E-state index in [1.54, 1.807) is 0 Å². The lowest BCUT2D eigenvalue weighted by molar-refractivity contribution is -0.136. The molecule has 1 N–H and O–H groups in total. The Morgan fingerprint density at radius 2 is 2.17 bits per heavy atom. The molecule has 0 amide bonds. The van der Waals surface area contributed by atoms with E-state index in [0.29, 0.717) is 30.3 Å². The maximum absolute atomic E-state index is 14.0. The third kappa shape index (κ3) is 2.75. The average Bonchev–Trinajstić information content (AvgIpc) is 2.57. The van der Waals surface area contributed by atoms with Crippen LogP contribution in [-0.4, -0.2) is 24.3 Å². The Balaban J connectivity index is 2.34. The third-order valence-corrected chi connectivity index (χ3v) is 3.31. The smallest absolute Gasteiger partial charge is 0.303 e. The van der Waals surface area contributed by atoms with E-state index in [2.05, 4.69) is 15.9 Å². The molecular formula is C12H12BrFO4. The minimum absolute atomic E-state index is 0.121. The normalized spacial score (nSPS) is 14.1. The predicted octanol–water partition coefficient (Wildman–Crippen LogP) is 2.77. The SMILES string of the molecule is O=C(O)CCc1cc2c(c(Br)c1F)OCCCO2. The van der Waals surface area contributed by atoms with Gasteiger partial charge < -0.3 is 14.6 Å². The second-order valence-electron chi connectivity index (χ2n) is 3.94. The third-order valence-electron chi connectivity index (χ3n) is 2.60. The largest absolute Gasteiger partial charge is 0.490 e. The highest BCUT2D eigenvalue weighted by molar-refractivity contribution is 9.10. The number of rotatable bonds is 3. The molecule has 0 saturated carbocycles. The van der Waals surface area contributed by atoms with Crippen molar-refractivity contribution in [3.63, 3.8) is 0 Å². The Bertz CT molecular complexity index is 476. The molecule has 2 rings (SSSR count). The molecule has 0 aromatic heterocycles. The van der Waals surface area contributed by atoms with Gasteiger partial charge in [0.15, 0.2) is 11.5 Å². The number of aryl methyl sites for hydroxylation is 1. The van der Waals surface area contributed by atoms with Crippen LogP contribution in [0.4, 0.5) is 4.39 Å². The van der Waals surface area contributed by atoms with E-state index in [1.807, 2.05) is 0 Å². The minimum atomic E-state index is -0.961. The number of hydrogen-bond acceptors (Lipinski definition) is 3. The fraction of sp³-hybridized carbons (Fsp3) is 0.417. The quantitative estimate of drug-likeness (QED) is 0.931. The summed E-state index contributed by atoms with van der Waals surface area (Å²) in [5.74, 6) is -0.636. The van der Waals surface area contributed by atoms with E-state index in [4.69, 9.17) is 14.6 Å². The van der Waals surface area contributed by atoms with E-state index >= 15 is 0 Å². The molecule has 0 radical (unpaired) electrons. The van der Waals surface area contributed by atoms with E-state index in [-0.39, 0.29) is 17.3 Å². The van der Waals surface area contributed by atoms with Gasteiger partial charge in [0, 0.05) is 12.8 Å². The summed E-state index contributed by atoms with van der Waals surface area (Å²) >= 11 is 3.13. The highest BCUT2D eigenvalue weighted by Gasteiger charge is 2.21. The summed E-state index contributed by atoms with van der Waals surface area (Å²) < 4.78 is 25.1. The molecule has 0 bridgehead atoms. The van der Waals surface area contributed by atoms with Gasteiger partial charge in [0.25, 0.3) is 0 Å². The van der Waals surface area contributed by atoms with E-state index < -0.39 is 11.8 Å². The van der Waals surface area contributed by atoms with Crippen molar-refractivity contribution in [1.82, 2.24) is 0 Å². The van der Waals surface area contributed by atoms with Gasteiger partial charge in [-0.3, -0.25) is 4.79 Å². The van der Waals surface area contributed by atoms with Crippen LogP contribution >= 0.6 is 15.9 Å². The fourth-order valence-electron chi connectivity index (χ4n) is 1.72. The molecule has 1 aromatic carbocycles. The standard InChI is InChI=1S/C12H12BrFO4/c13-10-11(14)7(2-3-9(15)16)6-8-12(10)18-5-1-4-17-8/h6H,1-5H2,(H,15,16). The van der Waals surface area contributed by atoms with Crippen LogP contribution in [0.15, 0.2) is 10.5 Å². The first-order chi connectivity index (χ1) is 8.59. The summed E-state index contributed by atoms with van der Waals surface area (Å²) in [6.07, 6.45) is 0.729. The molecular weight excluding hydrogens is 307 g/mol. The highest BCUT2D eigenvalue weighted by Crippen LogP contribution is 2.40. The summed E-state index contributed by atoms with van der Waals surface area (Å²) in [5.41, 5.74) is 0.313. The van der Waals surface area contributed by atoms with Crippen molar-refractivity contribution < 1.29 is 23.8 Å². The van der Waals surface area contributed by atoms with Crippen LogP contribution in [0.1, 0.15) is 18.4 Å². The van der Waals surface area contributed by atoms with Crippen molar-refractivity contribution in [3.8, 4) is 11.5 Å². The monoisotopic (exact) mass is 318 g/mol. The lowest BCUT2D eigenvalue weighted by atomic mass is 10.1. The molecule has 1 aliphatic rings. The van der Waals surface area contributed by atoms with Crippen LogP contribution in [-0.2, 0) is 11.2 Å². The zero-order valence-electron chi connectivity index (χ0n) is 9.54. The minimum Gasteiger partial charge on any atom is -0.490 e. The lowest BCUT2D eigenvalue weighted by Gasteiger charge is -2.12. The molecule has 1 aliphatic heterocycles. The van der Waals surface area contributed by atoms with Crippen LogP contribution < -0.4 is 9.47 Å². The fourth-order valence-corrected chi connectivity index (χ4v) is 2.28. The topological polar surface area (TPSA) is 55.8 Å². The first-order valence-electron chi connectivity index (χ1n) is 5.58. The molecule has 98 valence electrons. The zero-order valence-corrected chi connectivity index (χ0v) is 11.1. The van der Waals surface area contributed by atoms with Gasteiger partial charge in [0.1, 0.15) is 5.82 Å². The molecule has 0 aliphatic carbocycles. The molecule has 1 heterocycles. The maximum atomic E-state index is 14.0. The van der Waals surface area contributed by atoms with Gasteiger partial charge in [-0.05, 0) is 34.0 Å². The van der Waals surface area contributed by atoms with Gasteiger partial charge in [-0.15, -0.1) is 0 Å². The summed E-state index contributed by atoms with van der Waals surface area (Å²) in [6.45, 7) is 0.975. The van der Waals surface area contributed by atoms with Gasteiger partial charge in [-0.2, -0.15) is 0 Å². The molecule has 18 heavy (non-hydrogen) atoms. The van der Waals surface area contributed by atoms with Crippen molar-refractivity contribution in [1.29, 1.82) is 0 Å². The molecule has 6 heteroatoms. The van der Waals surface area contributed by atoms with Gasteiger partial charge in [-0.1, -0.05) is 0 Å². The first-order valence-corrected chi connectivity index (χ1v) is 6.37. The number of fused-ring (bicyclic) bond motifs is 1. The highest BCUT2D eigenvalue weighted by atomic mass is 79.9. The number of carbonyl (C=O) groups is 1. The number of halogens is 2. The Morgan fingerprint density at radius 3 is 2.89 bits per heavy atom. The van der Waals surface area contributed by atoms with Crippen LogP contribution in [0.25, 0.3) is 0 Å². The van der Waals surface area contributed by atoms with E-state index in [0.717, 1.165) is 6.42 Å². The predicted molar refractivity (Wildman–Crippen MR) is 65.7 cm³/mol. The van der Waals surface area contributed by atoms with Gasteiger partial charge >= 0.3 is 5.97 Å². The van der Waals surface area contributed by atoms with E-state index in [9.17, 15) is 9.18 Å². The Labute approximate surface area is 112 Å². The molecule has 0 fully saturated rings. The van der Waals surface area contributed by atoms with Gasteiger partial charge in [0.05, 0.1) is 17.7 Å². The van der Waals surface area contributed by atoms with Gasteiger partial charge in [0.2, 0.25) is 0 Å². The summed E-state index contributed by atoms with van der Waals surface area (Å²) in [5, 5.41) is 8.63. The van der Waals surface area contributed by atoms with Crippen molar-refractivity contribution in [2.24, 2.45) is 0 Å². The number of hydrogen-bond donors (Lipinski definition) is 1. The average molecular weight is 319 g/mol. The number of benzene rings is 1. The molecule has 0 saturated heterocycles. The van der Waals surface area contributed by atoms with Crippen LogP contribution in [0.2, 0.25) is 0 Å². The number of ether oxygens (including phenoxy) is 2. The summed E-state index contributed by atoms with van der Waals surface area (Å²) in [4.78, 5) is 10.5. The first kappa shape index (κ1) is 13.1. The van der Waals surface area contributed by atoms with Crippen LogP contribution in [0, 0.1) is 5.82 Å². The summed E-state index contributed by atoms with van der Waals surface area (Å²) in [6, 6.07) is 1.52. The van der Waals surface area contributed by atoms with Crippen LogP contribution in [0.5, 0.6) is 11.5 Å². The second-order valence-corrected chi connectivity index (χ2v) is 4.73. The van der Waals surface area contributed by atoms with Crippen LogP contribution in [0.3, 0.4) is 0 Å². The molecule has 0 spiro atoms. The maximum Gasteiger partial charge on any atom is 0.303 e. The van der Waals surface area contributed by atoms with Crippen molar-refractivity contribution in [2.45, 2.75) is 19.3 Å². The molecule has 0 atom stereocenters. The second kappa shape index (κ2) is 5.56. The Morgan fingerprint density at radius 1 is 1.44 bits per heavy atom. The van der Waals surface area contributed by atoms with Gasteiger partial charge in [-0.25, -0.2) is 4.39 Å². The number of carboxylic acid groups (broad SMARTS) is 1. The zero-order chi connectivity index (χ0) is 13.1. The number of aliphatic carboxylic acids is 1. The molecule has 0 unspecified atom stereocenters. The molecule has 4 nitrogen and oxygen atoms in total. The lowest BCUT2D eigenvalue weighted by Crippen LogP contribution is -2.02. The van der Waals surface area contributed by atoms with Crippen molar-refractivity contribution in [3.05, 3.63) is 21.9 Å². The number of carboxylic acids is 1. The Hall–Kier alpha value is -1.30. The Kier molecular flexibility index (Phi) is 4.06. The molecule has 1 aromatic rings.